The van der Waals surface area contributed by atoms with Crippen molar-refractivity contribution in [3.05, 3.63) is 6.42 Å². The van der Waals surface area contributed by atoms with Crippen LogP contribution >= 0.6 is 11.6 Å². The Kier molecular flexibility index (Phi) is 3.48. The van der Waals surface area contributed by atoms with Crippen LogP contribution in [0.1, 0.15) is 0 Å². The second-order valence-electron chi connectivity index (χ2n) is 0.703. The summed E-state index contributed by atoms with van der Waals surface area (Å²) in [6, 6.07) is 0. The van der Waals surface area contributed by atoms with Crippen LogP contribution in [-0.4, -0.2) is 12.0 Å². The molecule has 0 heterocycles. The van der Waals surface area contributed by atoms with Gasteiger partial charge in [0.25, 0.3) is 0 Å². The van der Waals surface area contributed by atoms with Crippen molar-refractivity contribution >= 4 is 17.0 Å². The third-order valence-electron chi connectivity index (χ3n) is 0.258. The maximum atomic E-state index is 9.62. The standard InChI is InChI=1S/C4H2ClO2/c1-2-3-7-4(5)6/h3H2/q+1. The molecule has 7 heavy (non-hydrogen) atoms. The third kappa shape index (κ3) is 5.54. The second-order valence-corrected chi connectivity index (χ2v) is 1.01. The third-order valence-corrected chi connectivity index (χ3v) is 0.367. The Morgan fingerprint density at radius 2 is 2.57 bits per heavy atom. The zero-order valence-corrected chi connectivity index (χ0v) is 4.16. The molecule has 0 aliphatic carbocycles. The molecule has 3 heteroatoms. The SMILES string of the molecule is [C+]#CCOC(=O)Cl. The zero-order chi connectivity index (χ0) is 5.70. The van der Waals surface area contributed by atoms with E-state index in [-0.39, 0.29) is 6.61 Å². The quantitative estimate of drug-likeness (QED) is 0.290. The number of ether oxygens (including phenoxy) is 1. The van der Waals surface area contributed by atoms with Crippen molar-refractivity contribution in [2.75, 3.05) is 6.61 Å². The molecule has 0 unspecified atom stereocenters. The molecular formula is C4H2ClO2+. The van der Waals surface area contributed by atoms with E-state index >= 15 is 0 Å². The molecule has 0 fully saturated rings. The normalized spacial score (nSPS) is 7.29. The maximum absolute atomic E-state index is 9.62. The summed E-state index contributed by atoms with van der Waals surface area (Å²) >= 11 is 4.67. The van der Waals surface area contributed by atoms with Gasteiger partial charge in [-0.25, -0.2) is 0 Å². The number of carbonyl (C=O) groups is 1. The van der Waals surface area contributed by atoms with E-state index in [1.807, 2.05) is 5.92 Å². The summed E-state index contributed by atoms with van der Waals surface area (Å²) in [6.07, 6.45) is 6.21. The van der Waals surface area contributed by atoms with E-state index in [4.69, 9.17) is 6.42 Å². The molecule has 0 radical (unpaired) electrons. The van der Waals surface area contributed by atoms with Crippen molar-refractivity contribution in [1.29, 1.82) is 0 Å². The van der Waals surface area contributed by atoms with Crippen LogP contribution < -0.4 is 0 Å². The van der Waals surface area contributed by atoms with Gasteiger partial charge in [0.2, 0.25) is 0 Å². The molecular weight excluding hydrogens is 115 g/mol. The Morgan fingerprint density at radius 3 is 2.71 bits per heavy atom. The van der Waals surface area contributed by atoms with Crippen LogP contribution in [0.3, 0.4) is 0 Å². The Bertz CT molecular complexity index is 103. The molecule has 0 spiro atoms. The fourth-order valence-corrected chi connectivity index (χ4v) is 0.147. The van der Waals surface area contributed by atoms with Gasteiger partial charge < -0.3 is 0 Å². The summed E-state index contributed by atoms with van der Waals surface area (Å²) in [7, 11) is 0. The topological polar surface area (TPSA) is 26.3 Å². The summed E-state index contributed by atoms with van der Waals surface area (Å²) in [5, 5.41) is 0. The number of rotatable bonds is 1. The minimum atomic E-state index is -0.903. The molecule has 0 saturated carbocycles. The van der Waals surface area contributed by atoms with Gasteiger partial charge in [0.05, 0.1) is 0 Å². The molecule has 0 N–H and O–H groups in total. The predicted molar refractivity (Wildman–Crippen MR) is 24.3 cm³/mol. The van der Waals surface area contributed by atoms with Gasteiger partial charge in [0, 0.05) is 0 Å². The summed E-state index contributed by atoms with van der Waals surface area (Å²) < 4.78 is 4.02. The van der Waals surface area contributed by atoms with Crippen molar-refractivity contribution in [1.82, 2.24) is 0 Å². The van der Waals surface area contributed by atoms with Crippen molar-refractivity contribution in [3.8, 4) is 5.92 Å². The molecule has 0 atom stereocenters. The first-order valence-electron chi connectivity index (χ1n) is 1.49. The van der Waals surface area contributed by atoms with Crippen molar-refractivity contribution in [3.63, 3.8) is 0 Å². The van der Waals surface area contributed by atoms with E-state index < -0.39 is 5.43 Å². The van der Waals surface area contributed by atoms with E-state index in [0.717, 1.165) is 0 Å². The molecule has 2 nitrogen and oxygen atoms in total. The van der Waals surface area contributed by atoms with Gasteiger partial charge >= 0.3 is 45.5 Å². The summed E-state index contributed by atoms with van der Waals surface area (Å²) in [6.45, 7) is -0.164. The zero-order valence-electron chi connectivity index (χ0n) is 3.40. The number of carbonyl (C=O) groups excluding carboxylic acids is 1. The Hall–Kier alpha value is -0.460. The Morgan fingerprint density at radius 1 is 2.00 bits per heavy atom. The van der Waals surface area contributed by atoms with Gasteiger partial charge in [0.1, 0.15) is 0 Å². The Labute approximate surface area is 46.4 Å². The van der Waals surface area contributed by atoms with Gasteiger partial charge in [-0.2, -0.15) is 0 Å². The van der Waals surface area contributed by atoms with Gasteiger partial charge in [-0.15, -0.1) is 0 Å². The molecule has 0 aliphatic heterocycles. The minimum absolute atomic E-state index is 0.164. The molecule has 0 bridgehead atoms. The fourth-order valence-electron chi connectivity index (χ4n) is 0.0928. The molecule has 0 aromatic carbocycles. The Balaban J connectivity index is 3.02. The molecule has 0 saturated heterocycles. The second kappa shape index (κ2) is 3.72. The first kappa shape index (κ1) is 6.54. The first-order chi connectivity index (χ1) is 3.27. The van der Waals surface area contributed by atoms with Crippen molar-refractivity contribution in [2.45, 2.75) is 0 Å². The van der Waals surface area contributed by atoms with Gasteiger partial charge in [-0.3, -0.25) is 0 Å². The van der Waals surface area contributed by atoms with E-state index in [1.165, 1.54) is 0 Å². The van der Waals surface area contributed by atoms with Crippen molar-refractivity contribution < 1.29 is 9.53 Å². The average molecular weight is 118 g/mol. The number of hydrogen-bond donors (Lipinski definition) is 0. The average Bonchev–Trinajstić information content (AvgIpc) is 1.61. The molecule has 36 valence electrons. The van der Waals surface area contributed by atoms with Crippen LogP contribution in [0.25, 0.3) is 0 Å². The molecule has 0 rings (SSSR count). The van der Waals surface area contributed by atoms with Gasteiger partial charge in [-0.1, -0.05) is 0 Å². The van der Waals surface area contributed by atoms with Gasteiger partial charge in [-0.05, 0) is 0 Å². The van der Waals surface area contributed by atoms with E-state index in [2.05, 4.69) is 16.3 Å². The molecule has 0 aromatic rings. The van der Waals surface area contributed by atoms with E-state index in [9.17, 15) is 4.79 Å². The van der Waals surface area contributed by atoms with Crippen LogP contribution in [0.4, 0.5) is 4.79 Å². The summed E-state index contributed by atoms with van der Waals surface area (Å²) in [5.74, 6) is 1.82. The molecule has 0 aliphatic rings. The van der Waals surface area contributed by atoms with E-state index in [1.54, 1.807) is 0 Å². The monoisotopic (exact) mass is 117 g/mol. The molecule has 0 amide bonds. The number of hydrogen-bond acceptors (Lipinski definition) is 2. The van der Waals surface area contributed by atoms with Crippen LogP contribution in [-0.2, 0) is 4.74 Å². The predicted octanol–water partition coefficient (Wildman–Crippen LogP) is 0.952. The van der Waals surface area contributed by atoms with Gasteiger partial charge in [0.15, 0.2) is 0 Å². The van der Waals surface area contributed by atoms with Crippen LogP contribution in [0.15, 0.2) is 0 Å². The summed E-state index contributed by atoms with van der Waals surface area (Å²) in [4.78, 5) is 9.62. The molecule has 0 aromatic heterocycles. The van der Waals surface area contributed by atoms with Crippen LogP contribution in [0.5, 0.6) is 0 Å². The summed E-state index contributed by atoms with van der Waals surface area (Å²) in [5.41, 5.74) is -0.903. The fraction of sp³-hybridized carbons (Fsp3) is 0.250. The van der Waals surface area contributed by atoms with Crippen molar-refractivity contribution in [2.24, 2.45) is 0 Å². The van der Waals surface area contributed by atoms with Crippen LogP contribution in [0, 0.1) is 12.3 Å². The first-order valence-corrected chi connectivity index (χ1v) is 1.87. The van der Waals surface area contributed by atoms with E-state index in [0.29, 0.717) is 0 Å². The number of halogens is 1. The van der Waals surface area contributed by atoms with Crippen LogP contribution in [0.2, 0.25) is 0 Å².